The molecular formula is C13H20F6N2O2. The fourth-order valence-corrected chi connectivity index (χ4v) is 2.27. The van der Waals surface area contributed by atoms with Crippen LogP contribution in [0.15, 0.2) is 0 Å². The van der Waals surface area contributed by atoms with Gasteiger partial charge in [-0.2, -0.15) is 26.3 Å². The zero-order valence-electron chi connectivity index (χ0n) is 13.0. The number of ether oxygens (including phenoxy) is 1. The van der Waals surface area contributed by atoms with Gasteiger partial charge in [-0.05, 0) is 20.8 Å². The van der Waals surface area contributed by atoms with Crippen molar-refractivity contribution in [1.82, 2.24) is 10.2 Å². The van der Waals surface area contributed by atoms with Crippen LogP contribution in [0.3, 0.4) is 0 Å². The number of hydrogen-bond donors (Lipinski definition) is 1. The summed E-state index contributed by atoms with van der Waals surface area (Å²) >= 11 is 0. The number of rotatable bonds is 2. The van der Waals surface area contributed by atoms with Gasteiger partial charge >= 0.3 is 18.4 Å². The SMILES string of the molecule is CC(C)(C)OC(=O)N1CC(CC(F)(F)F)NCC1CC(F)(F)F. The minimum Gasteiger partial charge on any atom is -0.444 e. The van der Waals surface area contributed by atoms with Crippen LogP contribution in [0.1, 0.15) is 33.6 Å². The van der Waals surface area contributed by atoms with Gasteiger partial charge in [0.05, 0.1) is 18.9 Å². The van der Waals surface area contributed by atoms with Gasteiger partial charge in [0.2, 0.25) is 0 Å². The van der Waals surface area contributed by atoms with Crippen LogP contribution >= 0.6 is 0 Å². The molecular weight excluding hydrogens is 330 g/mol. The molecule has 1 saturated heterocycles. The number of amides is 1. The Morgan fingerprint density at radius 3 is 2.04 bits per heavy atom. The van der Waals surface area contributed by atoms with E-state index < -0.39 is 55.5 Å². The van der Waals surface area contributed by atoms with Gasteiger partial charge in [0.15, 0.2) is 0 Å². The largest absolute Gasteiger partial charge is 0.444 e. The van der Waals surface area contributed by atoms with Crippen molar-refractivity contribution < 1.29 is 35.9 Å². The third kappa shape index (κ3) is 7.76. The highest BCUT2D eigenvalue weighted by molar-refractivity contribution is 5.68. The second-order valence-corrected chi connectivity index (χ2v) is 6.53. The summed E-state index contributed by atoms with van der Waals surface area (Å²) in [4.78, 5) is 12.8. The molecule has 0 aromatic heterocycles. The lowest BCUT2D eigenvalue weighted by Gasteiger charge is -2.41. The molecule has 0 bridgehead atoms. The van der Waals surface area contributed by atoms with E-state index >= 15 is 0 Å². The van der Waals surface area contributed by atoms with E-state index in [0.717, 1.165) is 4.90 Å². The van der Waals surface area contributed by atoms with Crippen LogP contribution in [-0.4, -0.2) is 54.1 Å². The monoisotopic (exact) mass is 350 g/mol. The highest BCUT2D eigenvalue weighted by Crippen LogP contribution is 2.29. The number of nitrogens with zero attached hydrogens (tertiary/aromatic N) is 1. The first-order chi connectivity index (χ1) is 10.2. The molecule has 0 spiro atoms. The van der Waals surface area contributed by atoms with E-state index in [-0.39, 0.29) is 6.54 Å². The Hall–Kier alpha value is -1.19. The Labute approximate surface area is 130 Å². The van der Waals surface area contributed by atoms with Gasteiger partial charge in [0, 0.05) is 19.1 Å². The van der Waals surface area contributed by atoms with Crippen LogP contribution in [0, 0.1) is 0 Å². The van der Waals surface area contributed by atoms with Crippen LogP contribution in [-0.2, 0) is 4.74 Å². The van der Waals surface area contributed by atoms with Gasteiger partial charge in [-0.1, -0.05) is 0 Å². The maximum atomic E-state index is 12.6. The van der Waals surface area contributed by atoms with Gasteiger partial charge in [-0.15, -0.1) is 0 Å². The first-order valence-corrected chi connectivity index (χ1v) is 7.03. The Morgan fingerprint density at radius 2 is 1.61 bits per heavy atom. The maximum absolute atomic E-state index is 12.6. The molecule has 2 atom stereocenters. The number of hydrogen-bond acceptors (Lipinski definition) is 3. The third-order valence-corrected chi connectivity index (χ3v) is 3.07. The van der Waals surface area contributed by atoms with Crippen molar-refractivity contribution in [1.29, 1.82) is 0 Å². The molecule has 1 fully saturated rings. The molecule has 0 saturated carbocycles. The van der Waals surface area contributed by atoms with E-state index in [1.807, 2.05) is 0 Å². The standard InChI is InChI=1S/C13H20F6N2O2/c1-11(2,3)23-10(22)21-7-8(4-12(14,15)16)20-6-9(21)5-13(17,18)19/h8-9,20H,4-7H2,1-3H3. The summed E-state index contributed by atoms with van der Waals surface area (Å²) in [6, 6.07) is -2.46. The van der Waals surface area contributed by atoms with E-state index in [1.165, 1.54) is 20.8 Å². The maximum Gasteiger partial charge on any atom is 0.410 e. The number of piperazine rings is 1. The minimum atomic E-state index is -4.54. The third-order valence-electron chi connectivity index (χ3n) is 3.07. The first kappa shape index (κ1) is 19.9. The lowest BCUT2D eigenvalue weighted by Crippen LogP contribution is -2.60. The molecule has 1 aliphatic rings. The van der Waals surface area contributed by atoms with Crippen molar-refractivity contribution >= 4 is 6.09 Å². The number of carbonyl (C=O) groups excluding carboxylic acids is 1. The fraction of sp³-hybridized carbons (Fsp3) is 0.923. The zero-order valence-corrected chi connectivity index (χ0v) is 13.0. The van der Waals surface area contributed by atoms with Gasteiger partial charge in [-0.25, -0.2) is 4.79 Å². The molecule has 0 radical (unpaired) electrons. The van der Waals surface area contributed by atoms with Gasteiger partial charge in [0.25, 0.3) is 0 Å². The fourth-order valence-electron chi connectivity index (χ4n) is 2.27. The van der Waals surface area contributed by atoms with Gasteiger partial charge < -0.3 is 15.0 Å². The summed E-state index contributed by atoms with van der Waals surface area (Å²) in [6.45, 7) is 3.71. The summed E-state index contributed by atoms with van der Waals surface area (Å²) < 4.78 is 80.2. The van der Waals surface area contributed by atoms with E-state index in [0.29, 0.717) is 0 Å². The summed E-state index contributed by atoms with van der Waals surface area (Å²) in [5.41, 5.74) is -0.954. The van der Waals surface area contributed by atoms with Crippen molar-refractivity contribution in [2.24, 2.45) is 0 Å². The summed E-state index contributed by atoms with van der Waals surface area (Å²) in [5, 5.41) is 2.43. The molecule has 0 aliphatic carbocycles. The Bertz CT molecular complexity index is 416. The normalized spacial score (nSPS) is 23.8. The lowest BCUT2D eigenvalue weighted by molar-refractivity contribution is -0.156. The first-order valence-electron chi connectivity index (χ1n) is 7.03. The average molecular weight is 350 g/mol. The van der Waals surface area contributed by atoms with E-state index in [9.17, 15) is 31.1 Å². The van der Waals surface area contributed by atoms with E-state index in [2.05, 4.69) is 5.32 Å². The molecule has 1 rings (SSSR count). The van der Waals surface area contributed by atoms with Crippen molar-refractivity contribution in [3.63, 3.8) is 0 Å². The van der Waals surface area contributed by atoms with Crippen molar-refractivity contribution in [2.75, 3.05) is 13.1 Å². The van der Waals surface area contributed by atoms with Gasteiger partial charge in [0.1, 0.15) is 5.60 Å². The number of carbonyl (C=O) groups is 1. The van der Waals surface area contributed by atoms with Crippen molar-refractivity contribution in [2.45, 2.75) is 63.7 Å². The Kier molecular flexibility index (Phi) is 5.82. The molecule has 136 valence electrons. The highest BCUT2D eigenvalue weighted by atomic mass is 19.4. The van der Waals surface area contributed by atoms with Crippen molar-refractivity contribution in [3.05, 3.63) is 0 Å². The Morgan fingerprint density at radius 1 is 1.09 bits per heavy atom. The second kappa shape index (κ2) is 6.74. The van der Waals surface area contributed by atoms with Crippen LogP contribution in [0.2, 0.25) is 0 Å². The number of alkyl halides is 6. The molecule has 2 unspecified atom stereocenters. The van der Waals surface area contributed by atoms with Gasteiger partial charge in [-0.3, -0.25) is 0 Å². The topological polar surface area (TPSA) is 41.6 Å². The predicted octanol–water partition coefficient (Wildman–Crippen LogP) is 3.47. The highest BCUT2D eigenvalue weighted by Gasteiger charge is 2.43. The molecule has 0 aromatic carbocycles. The predicted molar refractivity (Wildman–Crippen MR) is 69.9 cm³/mol. The Balaban J connectivity index is 2.85. The molecule has 23 heavy (non-hydrogen) atoms. The smallest absolute Gasteiger partial charge is 0.410 e. The lowest BCUT2D eigenvalue weighted by atomic mass is 10.0. The van der Waals surface area contributed by atoms with Crippen LogP contribution < -0.4 is 5.32 Å². The number of nitrogens with one attached hydrogen (secondary N) is 1. The van der Waals surface area contributed by atoms with Crippen LogP contribution in [0.4, 0.5) is 31.1 Å². The van der Waals surface area contributed by atoms with Crippen molar-refractivity contribution in [3.8, 4) is 0 Å². The average Bonchev–Trinajstić information content (AvgIpc) is 2.24. The van der Waals surface area contributed by atoms with E-state index in [4.69, 9.17) is 4.74 Å². The molecule has 1 N–H and O–H groups in total. The summed E-state index contributed by atoms with van der Waals surface area (Å²) in [6.07, 6.45) is -12.6. The second-order valence-electron chi connectivity index (χ2n) is 6.53. The molecule has 4 nitrogen and oxygen atoms in total. The summed E-state index contributed by atoms with van der Waals surface area (Å²) in [7, 11) is 0. The molecule has 10 heteroatoms. The summed E-state index contributed by atoms with van der Waals surface area (Å²) in [5.74, 6) is 0. The molecule has 0 aromatic rings. The van der Waals surface area contributed by atoms with Crippen LogP contribution in [0.5, 0.6) is 0 Å². The zero-order chi connectivity index (χ0) is 18.1. The quantitative estimate of drug-likeness (QED) is 0.776. The molecule has 1 aliphatic heterocycles. The molecule has 1 amide bonds. The molecule has 1 heterocycles. The number of halogens is 6. The van der Waals surface area contributed by atoms with E-state index in [1.54, 1.807) is 0 Å². The minimum absolute atomic E-state index is 0.375. The van der Waals surface area contributed by atoms with Crippen LogP contribution in [0.25, 0.3) is 0 Å².